The first-order valence-corrected chi connectivity index (χ1v) is 13.2. The van der Waals surface area contributed by atoms with E-state index in [4.69, 9.17) is 0 Å². The normalized spacial score (nSPS) is 18.3. The van der Waals surface area contributed by atoms with Crippen LogP contribution in [0.3, 0.4) is 0 Å². The highest BCUT2D eigenvalue weighted by Crippen LogP contribution is 2.23. The highest BCUT2D eigenvalue weighted by atomic mass is 32.2. The average molecular weight is 484 g/mol. The van der Waals surface area contributed by atoms with Crippen LogP contribution in [0.15, 0.2) is 47.6 Å². The molecule has 180 valence electrons. The minimum atomic E-state index is -3.44. The van der Waals surface area contributed by atoms with E-state index in [9.17, 15) is 13.2 Å². The number of carbonyl (C=O) groups excluding carboxylic acids is 1. The number of hydrogen-bond acceptors (Lipinski definition) is 7. The van der Waals surface area contributed by atoms with Gasteiger partial charge in [-0.15, -0.1) is 15.3 Å². The highest BCUT2D eigenvalue weighted by Gasteiger charge is 2.27. The van der Waals surface area contributed by atoms with Gasteiger partial charge in [-0.05, 0) is 55.5 Å². The van der Waals surface area contributed by atoms with E-state index in [-0.39, 0.29) is 11.8 Å². The SMILES string of the molecule is O=C(NCc1ccc(S(=O)(=O)N2CCCCC2)cc1)C1CCN(c2ccc3nncn3n2)CC1. The maximum atomic E-state index is 12.8. The number of anilines is 1. The zero-order valence-electron chi connectivity index (χ0n) is 19.0. The molecule has 4 heterocycles. The van der Waals surface area contributed by atoms with Crippen LogP contribution < -0.4 is 10.2 Å². The van der Waals surface area contributed by atoms with E-state index in [0.717, 1.165) is 56.6 Å². The van der Waals surface area contributed by atoms with Crippen LogP contribution in [0.5, 0.6) is 0 Å². The zero-order valence-corrected chi connectivity index (χ0v) is 19.8. The Bertz CT molecular complexity index is 1250. The van der Waals surface area contributed by atoms with E-state index in [2.05, 4.69) is 25.5 Å². The second kappa shape index (κ2) is 9.67. The van der Waals surface area contributed by atoms with Crippen molar-refractivity contribution in [2.45, 2.75) is 43.5 Å². The maximum Gasteiger partial charge on any atom is 0.243 e. The van der Waals surface area contributed by atoms with Gasteiger partial charge in [-0.2, -0.15) is 8.82 Å². The lowest BCUT2D eigenvalue weighted by Gasteiger charge is -2.32. The van der Waals surface area contributed by atoms with Crippen LogP contribution in [0.4, 0.5) is 5.82 Å². The van der Waals surface area contributed by atoms with Gasteiger partial charge in [0.25, 0.3) is 0 Å². The summed E-state index contributed by atoms with van der Waals surface area (Å²) < 4.78 is 28.8. The second-order valence-electron chi connectivity index (χ2n) is 8.91. The molecule has 0 saturated carbocycles. The van der Waals surface area contributed by atoms with Gasteiger partial charge in [-0.25, -0.2) is 8.42 Å². The first kappa shape index (κ1) is 22.7. The Labute approximate surface area is 199 Å². The second-order valence-corrected chi connectivity index (χ2v) is 10.9. The van der Waals surface area contributed by atoms with Crippen molar-refractivity contribution < 1.29 is 13.2 Å². The minimum absolute atomic E-state index is 0.0342. The van der Waals surface area contributed by atoms with Gasteiger partial charge in [0.05, 0.1) is 4.90 Å². The number of rotatable bonds is 6. The summed E-state index contributed by atoms with van der Waals surface area (Å²) in [5.41, 5.74) is 1.59. The van der Waals surface area contributed by atoms with Crippen molar-refractivity contribution in [3.63, 3.8) is 0 Å². The minimum Gasteiger partial charge on any atom is -0.355 e. The Morgan fingerprint density at radius 3 is 2.44 bits per heavy atom. The molecule has 0 atom stereocenters. The fourth-order valence-corrected chi connectivity index (χ4v) is 6.14. The predicted molar refractivity (Wildman–Crippen MR) is 127 cm³/mol. The summed E-state index contributed by atoms with van der Waals surface area (Å²) in [6.07, 6.45) is 5.99. The number of nitrogens with one attached hydrogen (secondary N) is 1. The molecule has 1 N–H and O–H groups in total. The lowest BCUT2D eigenvalue weighted by atomic mass is 9.96. The van der Waals surface area contributed by atoms with Crippen LogP contribution in [0.1, 0.15) is 37.7 Å². The van der Waals surface area contributed by atoms with Gasteiger partial charge < -0.3 is 10.2 Å². The van der Waals surface area contributed by atoms with Gasteiger partial charge in [-0.3, -0.25) is 4.79 Å². The molecule has 0 bridgehead atoms. The van der Waals surface area contributed by atoms with Crippen molar-refractivity contribution in [3.8, 4) is 0 Å². The number of benzene rings is 1. The number of fused-ring (bicyclic) bond motifs is 1. The molecule has 11 heteroatoms. The summed E-state index contributed by atoms with van der Waals surface area (Å²) in [6, 6.07) is 10.7. The average Bonchev–Trinajstić information content (AvgIpc) is 3.36. The smallest absolute Gasteiger partial charge is 0.243 e. The van der Waals surface area contributed by atoms with Gasteiger partial charge in [-0.1, -0.05) is 18.6 Å². The number of piperidine rings is 2. The molecule has 2 aliphatic heterocycles. The molecule has 3 aromatic rings. The molecule has 0 radical (unpaired) electrons. The van der Waals surface area contributed by atoms with E-state index in [0.29, 0.717) is 30.2 Å². The summed E-state index contributed by atoms with van der Waals surface area (Å²) in [4.78, 5) is 15.2. The Kier molecular flexibility index (Phi) is 6.46. The molecule has 1 amide bonds. The Balaban J connectivity index is 1.12. The van der Waals surface area contributed by atoms with Gasteiger partial charge in [0, 0.05) is 38.6 Å². The van der Waals surface area contributed by atoms with Crippen molar-refractivity contribution >= 4 is 27.4 Å². The van der Waals surface area contributed by atoms with Crippen molar-refractivity contribution in [1.29, 1.82) is 0 Å². The number of aromatic nitrogens is 4. The molecule has 2 saturated heterocycles. The van der Waals surface area contributed by atoms with Crippen LogP contribution in [-0.4, -0.2) is 64.6 Å². The Morgan fingerprint density at radius 2 is 1.71 bits per heavy atom. The van der Waals surface area contributed by atoms with Crippen LogP contribution in [-0.2, 0) is 21.4 Å². The number of nitrogens with zero attached hydrogens (tertiary/aromatic N) is 6. The van der Waals surface area contributed by atoms with Crippen LogP contribution in [0.25, 0.3) is 5.65 Å². The molecule has 1 aromatic carbocycles. The number of amides is 1. The fraction of sp³-hybridized carbons (Fsp3) is 0.478. The number of sulfonamides is 1. The summed E-state index contributed by atoms with van der Waals surface area (Å²) in [5.74, 6) is 0.839. The van der Waals surface area contributed by atoms with Crippen molar-refractivity contribution in [1.82, 2.24) is 29.4 Å². The fourth-order valence-electron chi connectivity index (χ4n) is 4.62. The molecule has 10 nitrogen and oxygen atoms in total. The van der Waals surface area contributed by atoms with Crippen molar-refractivity contribution in [3.05, 3.63) is 48.3 Å². The lowest BCUT2D eigenvalue weighted by molar-refractivity contribution is -0.125. The zero-order chi connectivity index (χ0) is 23.5. The molecular formula is C23H29N7O3S. The van der Waals surface area contributed by atoms with Gasteiger partial charge in [0.1, 0.15) is 12.1 Å². The van der Waals surface area contributed by atoms with E-state index < -0.39 is 10.0 Å². The standard InChI is InChI=1S/C23H29N7O3S/c31-23(19-10-14-28(15-11-19)22-9-8-21-26-25-17-30(21)27-22)24-16-18-4-6-20(7-5-18)34(32,33)29-12-2-1-3-13-29/h4-9,17,19H,1-3,10-16H2,(H,24,31). The molecule has 0 aliphatic carbocycles. The molecule has 2 fully saturated rings. The highest BCUT2D eigenvalue weighted by molar-refractivity contribution is 7.89. The van der Waals surface area contributed by atoms with Crippen molar-refractivity contribution in [2.75, 3.05) is 31.1 Å². The monoisotopic (exact) mass is 483 g/mol. The van der Waals surface area contributed by atoms with E-state index >= 15 is 0 Å². The van der Waals surface area contributed by atoms with E-state index in [1.54, 1.807) is 39.4 Å². The third kappa shape index (κ3) is 4.76. The molecule has 34 heavy (non-hydrogen) atoms. The molecule has 0 spiro atoms. The first-order valence-electron chi connectivity index (χ1n) is 11.8. The summed E-state index contributed by atoms with van der Waals surface area (Å²) in [5, 5.41) is 15.4. The summed E-state index contributed by atoms with van der Waals surface area (Å²) in [6.45, 7) is 3.06. The molecule has 0 unspecified atom stereocenters. The summed E-state index contributed by atoms with van der Waals surface area (Å²) in [7, 11) is -3.44. The van der Waals surface area contributed by atoms with Crippen LogP contribution >= 0.6 is 0 Å². The first-order chi connectivity index (χ1) is 16.5. The lowest BCUT2D eigenvalue weighted by Crippen LogP contribution is -2.40. The number of carbonyl (C=O) groups is 1. The van der Waals surface area contributed by atoms with Gasteiger partial charge in [0.2, 0.25) is 15.9 Å². The largest absolute Gasteiger partial charge is 0.355 e. The summed E-state index contributed by atoms with van der Waals surface area (Å²) >= 11 is 0. The quantitative estimate of drug-likeness (QED) is 0.569. The molecule has 5 rings (SSSR count). The van der Waals surface area contributed by atoms with Gasteiger partial charge >= 0.3 is 0 Å². The molecule has 2 aliphatic rings. The van der Waals surface area contributed by atoms with Crippen LogP contribution in [0.2, 0.25) is 0 Å². The Morgan fingerprint density at radius 1 is 0.971 bits per heavy atom. The van der Waals surface area contributed by atoms with Crippen LogP contribution in [0, 0.1) is 5.92 Å². The third-order valence-corrected chi connectivity index (χ3v) is 8.59. The van der Waals surface area contributed by atoms with E-state index in [1.165, 1.54) is 0 Å². The van der Waals surface area contributed by atoms with Crippen molar-refractivity contribution in [2.24, 2.45) is 5.92 Å². The molecular weight excluding hydrogens is 454 g/mol. The molecule has 2 aromatic heterocycles. The topological polar surface area (TPSA) is 113 Å². The predicted octanol–water partition coefficient (Wildman–Crippen LogP) is 1.83. The number of hydrogen-bond donors (Lipinski definition) is 1. The maximum absolute atomic E-state index is 12.8. The third-order valence-electron chi connectivity index (χ3n) is 6.68. The van der Waals surface area contributed by atoms with Gasteiger partial charge in [0.15, 0.2) is 5.65 Å². The Hall–Kier alpha value is -3.05. The van der Waals surface area contributed by atoms with E-state index in [1.807, 2.05) is 12.1 Å².